The van der Waals surface area contributed by atoms with E-state index in [1.807, 2.05) is 7.05 Å². The Morgan fingerprint density at radius 3 is 2.55 bits per heavy atom. The minimum absolute atomic E-state index is 0.0766. The summed E-state index contributed by atoms with van der Waals surface area (Å²) in [6.07, 6.45) is 1.03. The van der Waals surface area contributed by atoms with Gasteiger partial charge in [-0.1, -0.05) is 0 Å². The summed E-state index contributed by atoms with van der Waals surface area (Å²) >= 11 is 0. The second-order valence-electron chi connectivity index (χ2n) is 9.33. The number of ether oxygens (including phenoxy) is 1. The van der Waals surface area contributed by atoms with Crippen LogP contribution in [-0.4, -0.2) is 72.4 Å². The average Bonchev–Trinajstić information content (AvgIpc) is 3.43. The SMILES string of the molecule is COCC(C)N1CCC(N(C)c2ccc(F)cc2N(C=O)Cc2ccc(-c3nnc(C(F)F)o3)cn2)CC1. The summed E-state index contributed by atoms with van der Waals surface area (Å²) in [6, 6.07) is 8.19. The molecule has 1 saturated heterocycles. The van der Waals surface area contributed by atoms with Gasteiger partial charge < -0.3 is 19.0 Å². The van der Waals surface area contributed by atoms with Gasteiger partial charge in [-0.15, -0.1) is 10.2 Å². The first-order chi connectivity index (χ1) is 18.3. The highest BCUT2D eigenvalue weighted by molar-refractivity contribution is 5.84. The zero-order chi connectivity index (χ0) is 27.2. The first-order valence-electron chi connectivity index (χ1n) is 12.3. The molecule has 204 valence electrons. The van der Waals surface area contributed by atoms with Gasteiger partial charge in [0.05, 0.1) is 35.8 Å². The average molecular weight is 533 g/mol. The van der Waals surface area contributed by atoms with Crippen LogP contribution in [0.25, 0.3) is 11.5 Å². The van der Waals surface area contributed by atoms with Crippen molar-refractivity contribution in [2.45, 2.75) is 44.8 Å². The summed E-state index contributed by atoms with van der Waals surface area (Å²) in [5.74, 6) is -1.31. The molecular formula is C26H31F3N6O3. The predicted octanol–water partition coefficient (Wildman–Crippen LogP) is 4.31. The van der Waals surface area contributed by atoms with Crippen LogP contribution in [0.4, 0.5) is 24.5 Å². The maximum Gasteiger partial charge on any atom is 0.314 e. The molecule has 0 bridgehead atoms. The number of rotatable bonds is 11. The van der Waals surface area contributed by atoms with E-state index < -0.39 is 18.1 Å². The van der Waals surface area contributed by atoms with Crippen molar-refractivity contribution in [2.24, 2.45) is 0 Å². The number of amides is 1. The van der Waals surface area contributed by atoms with Gasteiger partial charge in [-0.2, -0.15) is 8.78 Å². The van der Waals surface area contributed by atoms with E-state index in [2.05, 4.69) is 31.9 Å². The van der Waals surface area contributed by atoms with Crippen LogP contribution in [0.3, 0.4) is 0 Å². The lowest BCUT2D eigenvalue weighted by Gasteiger charge is -2.41. The van der Waals surface area contributed by atoms with Crippen molar-refractivity contribution in [3.8, 4) is 11.5 Å². The third-order valence-electron chi connectivity index (χ3n) is 6.86. The smallest absolute Gasteiger partial charge is 0.314 e. The van der Waals surface area contributed by atoms with Gasteiger partial charge in [0.2, 0.25) is 12.3 Å². The number of alkyl halides is 2. The lowest BCUT2D eigenvalue weighted by Crippen LogP contribution is -2.47. The Hall–Kier alpha value is -3.51. The highest BCUT2D eigenvalue weighted by atomic mass is 19.3. The Morgan fingerprint density at radius 1 is 1.18 bits per heavy atom. The van der Waals surface area contributed by atoms with Crippen molar-refractivity contribution in [3.63, 3.8) is 0 Å². The molecule has 2 aromatic heterocycles. The quantitative estimate of drug-likeness (QED) is 0.338. The van der Waals surface area contributed by atoms with Crippen LogP contribution in [0.15, 0.2) is 40.9 Å². The van der Waals surface area contributed by atoms with Crippen molar-refractivity contribution in [1.29, 1.82) is 0 Å². The molecule has 1 aliphatic heterocycles. The molecule has 0 radical (unpaired) electrons. The highest BCUT2D eigenvalue weighted by Crippen LogP contribution is 2.33. The molecule has 1 aromatic carbocycles. The number of halogens is 3. The Balaban J connectivity index is 1.48. The molecular weight excluding hydrogens is 501 g/mol. The van der Waals surface area contributed by atoms with Crippen LogP contribution in [0.1, 0.15) is 37.8 Å². The van der Waals surface area contributed by atoms with Gasteiger partial charge in [0.1, 0.15) is 5.82 Å². The Kier molecular flexibility index (Phi) is 8.95. The molecule has 0 N–H and O–H groups in total. The lowest BCUT2D eigenvalue weighted by molar-refractivity contribution is -0.107. The number of pyridine rings is 1. The van der Waals surface area contributed by atoms with Gasteiger partial charge >= 0.3 is 6.43 Å². The summed E-state index contributed by atoms with van der Waals surface area (Å²) < 4.78 is 50.0. The minimum Gasteiger partial charge on any atom is -0.415 e. The number of carbonyl (C=O) groups is 1. The largest absolute Gasteiger partial charge is 0.415 e. The van der Waals surface area contributed by atoms with Crippen molar-refractivity contribution in [1.82, 2.24) is 20.1 Å². The summed E-state index contributed by atoms with van der Waals surface area (Å²) in [5, 5.41) is 6.92. The van der Waals surface area contributed by atoms with Gasteiger partial charge in [0.25, 0.3) is 5.89 Å². The van der Waals surface area contributed by atoms with Gasteiger partial charge in [0.15, 0.2) is 0 Å². The van der Waals surface area contributed by atoms with E-state index in [0.717, 1.165) is 31.6 Å². The fraction of sp³-hybridized carbons (Fsp3) is 0.462. The number of hydrogen-bond acceptors (Lipinski definition) is 8. The number of carbonyl (C=O) groups excluding carboxylic acids is 1. The van der Waals surface area contributed by atoms with Gasteiger partial charge in [-0.05, 0) is 50.1 Å². The third kappa shape index (κ3) is 6.30. The maximum atomic E-state index is 14.3. The van der Waals surface area contributed by atoms with Crippen molar-refractivity contribution >= 4 is 17.8 Å². The van der Waals surface area contributed by atoms with E-state index in [1.54, 1.807) is 25.3 Å². The topological polar surface area (TPSA) is 87.8 Å². The van der Waals surface area contributed by atoms with Crippen LogP contribution >= 0.6 is 0 Å². The zero-order valence-electron chi connectivity index (χ0n) is 21.6. The molecule has 0 spiro atoms. The molecule has 1 aliphatic rings. The summed E-state index contributed by atoms with van der Waals surface area (Å²) in [6.45, 7) is 4.74. The zero-order valence-corrected chi connectivity index (χ0v) is 21.6. The standard InChI is InChI=1S/C26H31F3N6O3/c1-17(15-37-3)34-10-8-21(9-11-34)33(2)22-7-5-19(27)12-23(22)35(16-36)14-20-6-4-18(13-30-20)25-31-32-26(38-25)24(28)29/h4-7,12-13,16-17,21,24H,8-11,14-15H2,1-3H3. The Labute approximate surface area is 219 Å². The number of hydrogen-bond donors (Lipinski definition) is 0. The molecule has 3 heterocycles. The summed E-state index contributed by atoms with van der Waals surface area (Å²) in [7, 11) is 3.67. The van der Waals surface area contributed by atoms with E-state index in [0.29, 0.717) is 36.0 Å². The molecule has 1 fully saturated rings. The second-order valence-corrected chi connectivity index (χ2v) is 9.33. The molecule has 0 aliphatic carbocycles. The minimum atomic E-state index is -2.87. The fourth-order valence-corrected chi connectivity index (χ4v) is 4.72. The monoisotopic (exact) mass is 532 g/mol. The summed E-state index contributed by atoms with van der Waals surface area (Å²) in [4.78, 5) is 22.4. The molecule has 1 amide bonds. The van der Waals surface area contributed by atoms with Crippen molar-refractivity contribution in [3.05, 3.63) is 53.9 Å². The van der Waals surface area contributed by atoms with Crippen molar-refractivity contribution < 1.29 is 27.1 Å². The Bertz CT molecular complexity index is 1200. The molecule has 9 nitrogen and oxygen atoms in total. The van der Waals surface area contributed by atoms with Crippen LogP contribution < -0.4 is 9.80 Å². The normalized spacial score (nSPS) is 15.6. The predicted molar refractivity (Wildman–Crippen MR) is 135 cm³/mol. The van der Waals surface area contributed by atoms with Crippen LogP contribution in [0.2, 0.25) is 0 Å². The number of anilines is 2. The lowest BCUT2D eigenvalue weighted by atomic mass is 10.0. The molecule has 1 unspecified atom stereocenters. The molecule has 0 saturated carbocycles. The molecule has 4 rings (SSSR count). The Morgan fingerprint density at radius 2 is 1.95 bits per heavy atom. The molecule has 12 heteroatoms. The first kappa shape index (κ1) is 27.5. The van der Waals surface area contributed by atoms with Crippen LogP contribution in [0, 0.1) is 5.82 Å². The van der Waals surface area contributed by atoms with E-state index in [1.165, 1.54) is 23.2 Å². The molecule has 3 aromatic rings. The van der Waals surface area contributed by atoms with Crippen molar-refractivity contribution in [2.75, 3.05) is 43.7 Å². The fourth-order valence-electron chi connectivity index (χ4n) is 4.72. The molecule has 38 heavy (non-hydrogen) atoms. The number of nitrogens with zero attached hydrogens (tertiary/aromatic N) is 6. The number of benzene rings is 1. The number of likely N-dealkylation sites (tertiary alicyclic amines) is 1. The molecule has 1 atom stereocenters. The van der Waals surface area contributed by atoms with E-state index in [9.17, 15) is 18.0 Å². The number of methoxy groups -OCH3 is 1. The van der Waals surface area contributed by atoms with Crippen LogP contribution in [-0.2, 0) is 16.1 Å². The second kappa shape index (κ2) is 12.4. The third-order valence-corrected chi connectivity index (χ3v) is 6.86. The maximum absolute atomic E-state index is 14.3. The van der Waals surface area contributed by atoms with Crippen LogP contribution in [0.5, 0.6) is 0 Å². The number of piperidine rings is 1. The number of aromatic nitrogens is 3. The van der Waals surface area contributed by atoms with Gasteiger partial charge in [0, 0.05) is 45.5 Å². The van der Waals surface area contributed by atoms with Gasteiger partial charge in [-0.25, -0.2) is 4.39 Å². The van der Waals surface area contributed by atoms with E-state index in [-0.39, 0.29) is 18.5 Å². The summed E-state index contributed by atoms with van der Waals surface area (Å²) in [5.41, 5.74) is 2.04. The van der Waals surface area contributed by atoms with Gasteiger partial charge in [-0.3, -0.25) is 14.7 Å². The van der Waals surface area contributed by atoms with E-state index in [4.69, 9.17) is 9.15 Å². The van der Waals surface area contributed by atoms with E-state index >= 15 is 0 Å². The highest BCUT2D eigenvalue weighted by Gasteiger charge is 2.27. The first-order valence-corrected chi connectivity index (χ1v) is 12.3.